The SMILES string of the molecule is Cl.c1cc(-n2cncn2)cc(-n2ccnc2-c2cc3n(n2)CCCNC3)c1. The molecule has 8 nitrogen and oxygen atoms in total. The first-order chi connectivity index (χ1) is 12.9. The van der Waals surface area contributed by atoms with Gasteiger partial charge in [0.25, 0.3) is 0 Å². The first-order valence-electron chi connectivity index (χ1n) is 8.65. The number of rotatable bonds is 3. The van der Waals surface area contributed by atoms with Gasteiger partial charge in [-0.3, -0.25) is 9.25 Å². The van der Waals surface area contributed by atoms with Gasteiger partial charge >= 0.3 is 0 Å². The van der Waals surface area contributed by atoms with Gasteiger partial charge in [0, 0.05) is 31.2 Å². The van der Waals surface area contributed by atoms with Gasteiger partial charge in [-0.15, -0.1) is 12.4 Å². The lowest BCUT2D eigenvalue weighted by Crippen LogP contribution is -2.11. The predicted molar refractivity (Wildman–Crippen MR) is 103 cm³/mol. The molecule has 1 N–H and O–H groups in total. The van der Waals surface area contributed by atoms with Gasteiger partial charge in [0.2, 0.25) is 0 Å². The van der Waals surface area contributed by atoms with Crippen LogP contribution >= 0.6 is 12.4 Å². The van der Waals surface area contributed by atoms with E-state index in [2.05, 4.69) is 41.8 Å². The van der Waals surface area contributed by atoms with Gasteiger partial charge < -0.3 is 5.32 Å². The van der Waals surface area contributed by atoms with Crippen molar-refractivity contribution in [3.63, 3.8) is 0 Å². The van der Waals surface area contributed by atoms with Crippen molar-refractivity contribution in [1.82, 2.24) is 39.4 Å². The molecule has 3 aromatic heterocycles. The number of nitrogens with one attached hydrogen (secondary N) is 1. The van der Waals surface area contributed by atoms with Gasteiger partial charge in [0.05, 0.1) is 11.4 Å². The van der Waals surface area contributed by atoms with E-state index in [1.165, 1.54) is 12.0 Å². The van der Waals surface area contributed by atoms with Crippen molar-refractivity contribution in [3.05, 3.63) is 61.1 Å². The minimum atomic E-state index is 0. The molecule has 0 saturated heterocycles. The van der Waals surface area contributed by atoms with E-state index in [9.17, 15) is 0 Å². The first kappa shape index (κ1) is 17.4. The summed E-state index contributed by atoms with van der Waals surface area (Å²) in [4.78, 5) is 8.57. The van der Waals surface area contributed by atoms with Gasteiger partial charge in [-0.25, -0.2) is 14.6 Å². The van der Waals surface area contributed by atoms with Gasteiger partial charge in [-0.1, -0.05) is 6.07 Å². The fraction of sp³-hybridized carbons (Fsp3) is 0.222. The summed E-state index contributed by atoms with van der Waals surface area (Å²) >= 11 is 0. The predicted octanol–water partition coefficient (Wildman–Crippen LogP) is 2.23. The average Bonchev–Trinajstić information content (AvgIpc) is 3.41. The van der Waals surface area contributed by atoms with E-state index < -0.39 is 0 Å². The molecule has 0 amide bonds. The summed E-state index contributed by atoms with van der Waals surface area (Å²) in [6.07, 6.45) is 8.07. The van der Waals surface area contributed by atoms with Gasteiger partial charge in [0.1, 0.15) is 18.3 Å². The zero-order valence-electron chi connectivity index (χ0n) is 14.6. The van der Waals surface area contributed by atoms with Crippen LogP contribution in [-0.2, 0) is 13.1 Å². The normalized spacial score (nSPS) is 13.6. The summed E-state index contributed by atoms with van der Waals surface area (Å²) in [5.41, 5.74) is 4.04. The fourth-order valence-corrected chi connectivity index (χ4v) is 3.30. The number of aryl methyl sites for hydroxylation is 1. The van der Waals surface area contributed by atoms with Crippen LogP contribution < -0.4 is 5.32 Å². The Morgan fingerprint density at radius 2 is 2.04 bits per heavy atom. The van der Waals surface area contributed by atoms with Crippen molar-refractivity contribution < 1.29 is 0 Å². The van der Waals surface area contributed by atoms with E-state index in [4.69, 9.17) is 5.10 Å². The maximum absolute atomic E-state index is 4.78. The maximum Gasteiger partial charge on any atom is 0.165 e. The molecule has 0 bridgehead atoms. The monoisotopic (exact) mass is 382 g/mol. The summed E-state index contributed by atoms with van der Waals surface area (Å²) in [5.74, 6) is 0.835. The molecule has 9 heteroatoms. The molecule has 4 heterocycles. The van der Waals surface area contributed by atoms with Crippen LogP contribution in [-0.4, -0.2) is 40.6 Å². The third-order valence-electron chi connectivity index (χ3n) is 4.55. The molecule has 138 valence electrons. The molecule has 1 aliphatic rings. The van der Waals surface area contributed by atoms with Crippen LogP contribution in [0.1, 0.15) is 12.1 Å². The second-order valence-corrected chi connectivity index (χ2v) is 6.26. The smallest absolute Gasteiger partial charge is 0.165 e. The van der Waals surface area contributed by atoms with E-state index in [-0.39, 0.29) is 12.4 Å². The molecule has 5 rings (SSSR count). The molecule has 0 fully saturated rings. The third kappa shape index (κ3) is 3.24. The van der Waals surface area contributed by atoms with E-state index in [0.29, 0.717) is 0 Å². The largest absolute Gasteiger partial charge is 0.311 e. The van der Waals surface area contributed by atoms with E-state index in [1.54, 1.807) is 17.2 Å². The quantitative estimate of drug-likeness (QED) is 0.588. The highest BCUT2D eigenvalue weighted by molar-refractivity contribution is 5.85. The molecule has 0 radical (unpaired) electrons. The zero-order chi connectivity index (χ0) is 17.3. The molecule has 1 aromatic carbocycles. The van der Waals surface area contributed by atoms with Crippen molar-refractivity contribution in [1.29, 1.82) is 0 Å². The number of hydrogen-bond donors (Lipinski definition) is 1. The molecule has 0 saturated carbocycles. The number of nitrogens with zero attached hydrogens (tertiary/aromatic N) is 7. The highest BCUT2D eigenvalue weighted by Gasteiger charge is 2.16. The molecule has 0 aliphatic carbocycles. The van der Waals surface area contributed by atoms with Crippen LogP contribution in [0, 0.1) is 0 Å². The molecule has 0 spiro atoms. The zero-order valence-corrected chi connectivity index (χ0v) is 15.4. The number of aromatic nitrogens is 7. The average molecular weight is 383 g/mol. The van der Waals surface area contributed by atoms with Crippen LogP contribution in [0.3, 0.4) is 0 Å². The molecule has 0 atom stereocenters. The molecule has 27 heavy (non-hydrogen) atoms. The Kier molecular flexibility index (Phi) is 4.74. The number of halogens is 1. The van der Waals surface area contributed by atoms with E-state index in [0.717, 1.165) is 48.9 Å². The summed E-state index contributed by atoms with van der Waals surface area (Å²) in [7, 11) is 0. The standard InChI is InChI=1S/C18H18N8.ClH/c1-3-14(9-15(4-1)26-13-20-12-22-26)24-8-6-21-18(24)17-10-16-11-19-5-2-7-25(16)23-17;/h1,3-4,6,8-10,12-13,19H,2,5,7,11H2;1H. The molecule has 0 unspecified atom stereocenters. The van der Waals surface area contributed by atoms with Crippen LogP contribution in [0.15, 0.2) is 55.4 Å². The number of imidazole rings is 1. The topological polar surface area (TPSA) is 78.4 Å². The fourth-order valence-electron chi connectivity index (χ4n) is 3.30. The van der Waals surface area contributed by atoms with Gasteiger partial charge in [0.15, 0.2) is 5.82 Å². The Bertz CT molecular complexity index is 1010. The Morgan fingerprint density at radius 1 is 1.11 bits per heavy atom. The summed E-state index contributed by atoms with van der Waals surface area (Å²) in [6, 6.07) is 10.2. The highest BCUT2D eigenvalue weighted by atomic mass is 35.5. The van der Waals surface area contributed by atoms with E-state index in [1.807, 2.05) is 24.4 Å². The third-order valence-corrected chi connectivity index (χ3v) is 4.55. The van der Waals surface area contributed by atoms with Crippen molar-refractivity contribution >= 4 is 12.4 Å². The maximum atomic E-state index is 4.78. The van der Waals surface area contributed by atoms with Crippen LogP contribution in [0.2, 0.25) is 0 Å². The molecule has 1 aliphatic heterocycles. The molecular formula is C18H19ClN8. The van der Waals surface area contributed by atoms with Crippen LogP contribution in [0.4, 0.5) is 0 Å². The molecular weight excluding hydrogens is 364 g/mol. The second kappa shape index (κ2) is 7.34. The van der Waals surface area contributed by atoms with Crippen LogP contribution in [0.25, 0.3) is 22.9 Å². The lowest BCUT2D eigenvalue weighted by atomic mass is 10.2. The number of benzene rings is 1. The number of fused-ring (bicyclic) bond motifs is 1. The van der Waals surface area contributed by atoms with Crippen molar-refractivity contribution in [3.8, 4) is 22.9 Å². The Morgan fingerprint density at radius 3 is 2.93 bits per heavy atom. The first-order valence-corrected chi connectivity index (χ1v) is 8.65. The Hall–Kier alpha value is -2.97. The van der Waals surface area contributed by atoms with Gasteiger partial charge in [-0.2, -0.15) is 10.2 Å². The Balaban J connectivity index is 0.00000180. The van der Waals surface area contributed by atoms with Crippen LogP contribution in [0.5, 0.6) is 0 Å². The lowest BCUT2D eigenvalue weighted by Gasteiger charge is -2.08. The summed E-state index contributed by atoms with van der Waals surface area (Å²) in [6.45, 7) is 2.81. The van der Waals surface area contributed by atoms with Crippen molar-refractivity contribution in [2.45, 2.75) is 19.5 Å². The summed E-state index contributed by atoms with van der Waals surface area (Å²) < 4.78 is 5.88. The van der Waals surface area contributed by atoms with Gasteiger partial charge in [-0.05, 0) is 37.2 Å². The van der Waals surface area contributed by atoms with Crippen molar-refractivity contribution in [2.75, 3.05) is 6.54 Å². The summed E-state index contributed by atoms with van der Waals surface area (Å²) in [5, 5.41) is 12.4. The van der Waals surface area contributed by atoms with E-state index >= 15 is 0 Å². The Labute approximate surface area is 162 Å². The minimum Gasteiger partial charge on any atom is -0.311 e. The lowest BCUT2D eigenvalue weighted by molar-refractivity contribution is 0.588. The molecule has 4 aromatic rings. The number of hydrogen-bond acceptors (Lipinski definition) is 5. The van der Waals surface area contributed by atoms with Crippen molar-refractivity contribution in [2.24, 2.45) is 0 Å². The highest BCUT2D eigenvalue weighted by Crippen LogP contribution is 2.23. The second-order valence-electron chi connectivity index (χ2n) is 6.26. The minimum absolute atomic E-state index is 0.